The van der Waals surface area contributed by atoms with Gasteiger partial charge in [0.1, 0.15) is 19.0 Å². The van der Waals surface area contributed by atoms with Gasteiger partial charge in [0.15, 0.2) is 11.6 Å². The van der Waals surface area contributed by atoms with E-state index in [-0.39, 0.29) is 19.0 Å². The molecule has 0 bridgehead atoms. The summed E-state index contributed by atoms with van der Waals surface area (Å²) in [4.78, 5) is 0. The molecule has 0 unspecified atom stereocenters. The van der Waals surface area contributed by atoms with Gasteiger partial charge in [-0.25, -0.2) is 4.39 Å². The lowest BCUT2D eigenvalue weighted by atomic mass is 10.1. The van der Waals surface area contributed by atoms with Crippen molar-refractivity contribution in [3.63, 3.8) is 0 Å². The summed E-state index contributed by atoms with van der Waals surface area (Å²) >= 11 is 0. The summed E-state index contributed by atoms with van der Waals surface area (Å²) in [7, 11) is 0. The smallest absolute Gasteiger partial charge is 0.200 e. The minimum absolute atomic E-state index is 0.114. The normalized spacial score (nSPS) is 10.4. The van der Waals surface area contributed by atoms with Crippen LogP contribution in [0.2, 0.25) is 0 Å². The Bertz CT molecular complexity index is 573. The second kappa shape index (κ2) is 7.59. The lowest BCUT2D eigenvalue weighted by Gasteiger charge is -2.09. The van der Waals surface area contributed by atoms with Crippen molar-refractivity contribution in [1.29, 1.82) is 0 Å². The molecule has 2 aromatic carbocycles. The highest BCUT2D eigenvalue weighted by molar-refractivity contribution is 5.27. The Hall–Kier alpha value is -2.14. The van der Waals surface area contributed by atoms with E-state index in [4.69, 9.17) is 15.2 Å². The zero-order valence-electron chi connectivity index (χ0n) is 11.5. The summed E-state index contributed by atoms with van der Waals surface area (Å²) in [5, 5.41) is 0. The summed E-state index contributed by atoms with van der Waals surface area (Å²) in [6.07, 6.45) is 0.822. The molecule has 0 aromatic heterocycles. The number of ether oxygens (including phenoxy) is 2. The number of benzene rings is 2. The van der Waals surface area contributed by atoms with E-state index in [0.29, 0.717) is 12.3 Å². The van der Waals surface area contributed by atoms with Crippen LogP contribution in [0.25, 0.3) is 0 Å². The summed E-state index contributed by atoms with van der Waals surface area (Å²) in [5.41, 5.74) is 6.61. The number of hydrogen-bond donors (Lipinski definition) is 1. The highest BCUT2D eigenvalue weighted by Crippen LogP contribution is 2.19. The highest BCUT2D eigenvalue weighted by atomic mass is 19.2. The SMILES string of the molecule is NCCc1ccc(OCCOc2cccc(F)c2F)cc1. The molecule has 0 aliphatic rings. The average Bonchev–Trinajstić information content (AvgIpc) is 2.50. The summed E-state index contributed by atoms with van der Waals surface area (Å²) in [5.74, 6) is -1.33. The second-order valence-electron chi connectivity index (χ2n) is 4.43. The molecular weight excluding hydrogens is 276 g/mol. The van der Waals surface area contributed by atoms with Gasteiger partial charge in [-0.3, -0.25) is 0 Å². The van der Waals surface area contributed by atoms with Crippen LogP contribution in [0.3, 0.4) is 0 Å². The quantitative estimate of drug-likeness (QED) is 0.798. The van der Waals surface area contributed by atoms with Crippen LogP contribution in [0.15, 0.2) is 42.5 Å². The van der Waals surface area contributed by atoms with E-state index in [1.54, 1.807) is 0 Å². The fourth-order valence-corrected chi connectivity index (χ4v) is 1.83. The molecular formula is C16H17F2NO2. The Balaban J connectivity index is 1.78. The van der Waals surface area contributed by atoms with Crippen LogP contribution in [-0.4, -0.2) is 19.8 Å². The first kappa shape index (κ1) is 15.3. The monoisotopic (exact) mass is 293 g/mol. The standard InChI is InChI=1S/C16H17F2NO2/c17-14-2-1-3-15(16(14)18)21-11-10-20-13-6-4-12(5-7-13)8-9-19/h1-7H,8-11,19H2. The zero-order chi connectivity index (χ0) is 15.1. The predicted molar refractivity (Wildman–Crippen MR) is 76.5 cm³/mol. The third-order valence-corrected chi connectivity index (χ3v) is 2.88. The molecule has 2 N–H and O–H groups in total. The van der Waals surface area contributed by atoms with Gasteiger partial charge >= 0.3 is 0 Å². The maximum absolute atomic E-state index is 13.3. The van der Waals surface area contributed by atoms with Gasteiger partial charge in [-0.2, -0.15) is 4.39 Å². The molecule has 0 spiro atoms. The Labute approximate surface area is 122 Å². The van der Waals surface area contributed by atoms with Crippen LogP contribution in [0.1, 0.15) is 5.56 Å². The molecule has 0 atom stereocenters. The van der Waals surface area contributed by atoms with Crippen molar-refractivity contribution < 1.29 is 18.3 Å². The first-order valence-corrected chi connectivity index (χ1v) is 6.69. The second-order valence-corrected chi connectivity index (χ2v) is 4.43. The van der Waals surface area contributed by atoms with E-state index in [1.807, 2.05) is 24.3 Å². The molecule has 0 saturated carbocycles. The fourth-order valence-electron chi connectivity index (χ4n) is 1.83. The van der Waals surface area contributed by atoms with Crippen molar-refractivity contribution in [3.8, 4) is 11.5 Å². The molecule has 0 amide bonds. The van der Waals surface area contributed by atoms with E-state index in [1.165, 1.54) is 12.1 Å². The highest BCUT2D eigenvalue weighted by Gasteiger charge is 2.08. The largest absolute Gasteiger partial charge is 0.490 e. The zero-order valence-corrected chi connectivity index (χ0v) is 11.5. The first-order chi connectivity index (χ1) is 10.2. The van der Waals surface area contributed by atoms with Crippen molar-refractivity contribution in [2.24, 2.45) is 5.73 Å². The first-order valence-electron chi connectivity index (χ1n) is 6.69. The average molecular weight is 293 g/mol. The van der Waals surface area contributed by atoms with Gasteiger partial charge in [0.05, 0.1) is 0 Å². The van der Waals surface area contributed by atoms with Gasteiger partial charge in [-0.05, 0) is 42.8 Å². The topological polar surface area (TPSA) is 44.5 Å². The van der Waals surface area contributed by atoms with Crippen LogP contribution in [0.4, 0.5) is 8.78 Å². The van der Waals surface area contributed by atoms with Gasteiger partial charge in [0.2, 0.25) is 5.82 Å². The lowest BCUT2D eigenvalue weighted by molar-refractivity contribution is 0.210. The van der Waals surface area contributed by atoms with Crippen LogP contribution < -0.4 is 15.2 Å². The maximum atomic E-state index is 13.3. The van der Waals surface area contributed by atoms with E-state index < -0.39 is 11.6 Å². The minimum Gasteiger partial charge on any atom is -0.490 e. The van der Waals surface area contributed by atoms with Crippen LogP contribution in [-0.2, 0) is 6.42 Å². The number of halogens is 2. The molecule has 5 heteroatoms. The molecule has 0 saturated heterocycles. The molecule has 2 rings (SSSR count). The van der Waals surface area contributed by atoms with Crippen LogP contribution >= 0.6 is 0 Å². The fraction of sp³-hybridized carbons (Fsp3) is 0.250. The molecule has 0 radical (unpaired) electrons. The molecule has 3 nitrogen and oxygen atoms in total. The van der Waals surface area contributed by atoms with Crippen molar-refractivity contribution in [3.05, 3.63) is 59.7 Å². The third-order valence-electron chi connectivity index (χ3n) is 2.88. The van der Waals surface area contributed by atoms with Crippen molar-refractivity contribution in [2.75, 3.05) is 19.8 Å². The maximum Gasteiger partial charge on any atom is 0.200 e. The Morgan fingerprint density at radius 1 is 0.905 bits per heavy atom. The summed E-state index contributed by atoms with van der Waals surface area (Å²) < 4.78 is 36.9. The molecule has 112 valence electrons. The molecule has 0 aliphatic carbocycles. The van der Waals surface area contributed by atoms with Crippen molar-refractivity contribution in [1.82, 2.24) is 0 Å². The Kier molecular flexibility index (Phi) is 5.51. The van der Waals surface area contributed by atoms with E-state index in [0.717, 1.165) is 18.1 Å². The molecule has 21 heavy (non-hydrogen) atoms. The lowest BCUT2D eigenvalue weighted by Crippen LogP contribution is -2.10. The van der Waals surface area contributed by atoms with Crippen molar-refractivity contribution in [2.45, 2.75) is 6.42 Å². The van der Waals surface area contributed by atoms with Gasteiger partial charge in [-0.1, -0.05) is 18.2 Å². The minimum atomic E-state index is -0.983. The molecule has 0 heterocycles. The van der Waals surface area contributed by atoms with Gasteiger partial charge in [0.25, 0.3) is 0 Å². The van der Waals surface area contributed by atoms with Gasteiger partial charge in [0, 0.05) is 0 Å². The van der Waals surface area contributed by atoms with E-state index in [2.05, 4.69) is 0 Å². The molecule has 2 aromatic rings. The Morgan fingerprint density at radius 2 is 1.62 bits per heavy atom. The predicted octanol–water partition coefficient (Wildman–Crippen LogP) is 2.92. The van der Waals surface area contributed by atoms with Gasteiger partial charge in [-0.15, -0.1) is 0 Å². The molecule has 0 fully saturated rings. The van der Waals surface area contributed by atoms with Crippen LogP contribution in [0, 0.1) is 11.6 Å². The molecule has 0 aliphatic heterocycles. The summed E-state index contributed by atoms with van der Waals surface area (Å²) in [6, 6.07) is 11.4. The van der Waals surface area contributed by atoms with Gasteiger partial charge < -0.3 is 15.2 Å². The number of hydrogen-bond acceptors (Lipinski definition) is 3. The Morgan fingerprint density at radius 3 is 2.33 bits per heavy atom. The number of nitrogens with two attached hydrogens (primary N) is 1. The van der Waals surface area contributed by atoms with E-state index in [9.17, 15) is 8.78 Å². The van der Waals surface area contributed by atoms with E-state index >= 15 is 0 Å². The van der Waals surface area contributed by atoms with Crippen molar-refractivity contribution >= 4 is 0 Å². The third kappa shape index (κ3) is 4.43. The van der Waals surface area contributed by atoms with Crippen LogP contribution in [0.5, 0.6) is 11.5 Å². The number of rotatable bonds is 7. The summed E-state index contributed by atoms with van der Waals surface area (Å²) in [6.45, 7) is 0.977.